The van der Waals surface area contributed by atoms with Gasteiger partial charge in [0.1, 0.15) is 5.78 Å². The van der Waals surface area contributed by atoms with Crippen molar-refractivity contribution < 1.29 is 4.79 Å². The Morgan fingerprint density at radius 3 is 2.37 bits per heavy atom. The van der Waals surface area contributed by atoms with Gasteiger partial charge in [0.2, 0.25) is 0 Å². The highest BCUT2D eigenvalue weighted by atomic mass is 16.1. The average Bonchev–Trinajstić information content (AvgIpc) is 3.11. The Labute approximate surface area is 117 Å². The Morgan fingerprint density at radius 1 is 0.895 bits per heavy atom. The van der Waals surface area contributed by atoms with E-state index < -0.39 is 0 Å². The Morgan fingerprint density at radius 2 is 1.63 bits per heavy atom. The van der Waals surface area contributed by atoms with Gasteiger partial charge in [0.05, 0.1) is 6.54 Å². The largest absolute Gasteiger partial charge is 0.299 e. The van der Waals surface area contributed by atoms with Gasteiger partial charge in [-0.1, -0.05) is 19.3 Å². The molecular weight excluding hydrogens is 236 g/mol. The molecule has 0 aromatic rings. The molecule has 2 heterocycles. The zero-order chi connectivity index (χ0) is 13.1. The minimum atomic E-state index is 0.397. The number of nitrogens with zero attached hydrogens (tertiary/aromatic N) is 2. The van der Waals surface area contributed by atoms with Gasteiger partial charge in [0.25, 0.3) is 0 Å². The topological polar surface area (TPSA) is 23.6 Å². The smallest absolute Gasteiger partial charge is 0.149 e. The van der Waals surface area contributed by atoms with E-state index in [-0.39, 0.29) is 0 Å². The van der Waals surface area contributed by atoms with Gasteiger partial charge in [-0.2, -0.15) is 0 Å². The van der Waals surface area contributed by atoms with E-state index in [1.807, 2.05) is 0 Å². The average molecular weight is 264 g/mol. The lowest BCUT2D eigenvalue weighted by Crippen LogP contribution is -2.41. The zero-order valence-electron chi connectivity index (χ0n) is 12.1. The molecule has 3 fully saturated rings. The highest BCUT2D eigenvalue weighted by Crippen LogP contribution is 2.26. The van der Waals surface area contributed by atoms with Crippen LogP contribution < -0.4 is 0 Å². The van der Waals surface area contributed by atoms with Crippen LogP contribution >= 0.6 is 0 Å². The Kier molecular flexibility index (Phi) is 4.54. The van der Waals surface area contributed by atoms with Crippen molar-refractivity contribution in [3.63, 3.8) is 0 Å². The van der Waals surface area contributed by atoms with Crippen molar-refractivity contribution in [2.45, 2.75) is 57.4 Å². The second kappa shape index (κ2) is 6.36. The molecule has 3 nitrogen and oxygen atoms in total. The summed E-state index contributed by atoms with van der Waals surface area (Å²) >= 11 is 0. The second-order valence-corrected chi connectivity index (χ2v) is 6.72. The fourth-order valence-electron chi connectivity index (χ4n) is 4.13. The number of piperidine rings is 1. The van der Waals surface area contributed by atoms with E-state index in [1.165, 1.54) is 51.6 Å². The molecule has 3 heteroatoms. The van der Waals surface area contributed by atoms with E-state index in [0.717, 1.165) is 38.5 Å². The summed E-state index contributed by atoms with van der Waals surface area (Å²) in [5.41, 5.74) is 0. The molecule has 0 N–H and O–H groups in total. The predicted molar refractivity (Wildman–Crippen MR) is 77.2 cm³/mol. The van der Waals surface area contributed by atoms with Crippen molar-refractivity contribution in [3.8, 4) is 0 Å². The van der Waals surface area contributed by atoms with Crippen molar-refractivity contribution in [1.82, 2.24) is 9.80 Å². The van der Waals surface area contributed by atoms with Gasteiger partial charge in [-0.25, -0.2) is 0 Å². The minimum Gasteiger partial charge on any atom is -0.299 e. The fraction of sp³-hybridized carbons (Fsp3) is 0.938. The van der Waals surface area contributed by atoms with Crippen molar-refractivity contribution in [1.29, 1.82) is 0 Å². The summed E-state index contributed by atoms with van der Waals surface area (Å²) in [6, 6.07) is 0.733. The SMILES string of the molecule is O=C(CN1CCC(N2CCCCC2)C1)C1CCCC1. The third-order valence-corrected chi connectivity index (χ3v) is 5.34. The van der Waals surface area contributed by atoms with Gasteiger partial charge >= 0.3 is 0 Å². The first-order valence-electron chi connectivity index (χ1n) is 8.32. The van der Waals surface area contributed by atoms with E-state index in [1.54, 1.807) is 0 Å². The molecule has 108 valence electrons. The first-order valence-corrected chi connectivity index (χ1v) is 8.32. The third kappa shape index (κ3) is 3.38. The van der Waals surface area contributed by atoms with E-state index in [4.69, 9.17) is 0 Å². The summed E-state index contributed by atoms with van der Waals surface area (Å²) in [6.45, 7) is 5.58. The maximum atomic E-state index is 12.2. The number of rotatable bonds is 4. The summed E-state index contributed by atoms with van der Waals surface area (Å²) in [6.07, 6.45) is 10.3. The Hall–Kier alpha value is -0.410. The van der Waals surface area contributed by atoms with E-state index in [2.05, 4.69) is 9.80 Å². The van der Waals surface area contributed by atoms with Crippen LogP contribution in [0, 0.1) is 5.92 Å². The molecule has 19 heavy (non-hydrogen) atoms. The number of ketones is 1. The molecule has 3 aliphatic rings. The molecule has 2 saturated heterocycles. The van der Waals surface area contributed by atoms with Gasteiger partial charge < -0.3 is 0 Å². The molecule has 0 radical (unpaired) electrons. The Balaban J connectivity index is 1.44. The molecule has 0 bridgehead atoms. The highest BCUT2D eigenvalue weighted by molar-refractivity contribution is 5.83. The predicted octanol–water partition coefficient (Wildman–Crippen LogP) is 2.31. The summed E-state index contributed by atoms with van der Waals surface area (Å²) in [7, 11) is 0. The number of hydrogen-bond acceptors (Lipinski definition) is 3. The molecule has 0 aromatic carbocycles. The van der Waals surface area contributed by atoms with Crippen LogP contribution in [0.25, 0.3) is 0 Å². The van der Waals surface area contributed by atoms with Crippen molar-refractivity contribution in [2.75, 3.05) is 32.7 Å². The van der Waals surface area contributed by atoms with Crippen LogP contribution in [0.2, 0.25) is 0 Å². The molecule has 1 aliphatic carbocycles. The van der Waals surface area contributed by atoms with Crippen molar-refractivity contribution in [2.24, 2.45) is 5.92 Å². The van der Waals surface area contributed by atoms with Crippen LogP contribution in [0.4, 0.5) is 0 Å². The molecule has 1 saturated carbocycles. The minimum absolute atomic E-state index is 0.397. The third-order valence-electron chi connectivity index (χ3n) is 5.34. The lowest BCUT2D eigenvalue weighted by molar-refractivity contribution is -0.123. The molecule has 0 amide bonds. The van der Waals surface area contributed by atoms with Gasteiger partial charge in [0, 0.05) is 25.0 Å². The first kappa shape index (κ1) is 13.6. The highest BCUT2D eigenvalue weighted by Gasteiger charge is 2.31. The number of likely N-dealkylation sites (tertiary alicyclic amines) is 2. The quantitative estimate of drug-likeness (QED) is 0.778. The van der Waals surface area contributed by atoms with Crippen LogP contribution in [0.3, 0.4) is 0 Å². The summed E-state index contributed by atoms with van der Waals surface area (Å²) in [4.78, 5) is 17.3. The molecule has 3 rings (SSSR count). The van der Waals surface area contributed by atoms with Gasteiger partial charge in [-0.3, -0.25) is 14.6 Å². The summed E-state index contributed by atoms with van der Waals surface area (Å²) in [5, 5.41) is 0. The van der Waals surface area contributed by atoms with Crippen LogP contribution in [0.1, 0.15) is 51.4 Å². The molecular formula is C16H28N2O. The zero-order valence-corrected chi connectivity index (χ0v) is 12.1. The second-order valence-electron chi connectivity index (χ2n) is 6.72. The number of carbonyl (C=O) groups excluding carboxylic acids is 1. The van der Waals surface area contributed by atoms with E-state index in [9.17, 15) is 4.79 Å². The molecule has 1 unspecified atom stereocenters. The summed E-state index contributed by atoms with van der Waals surface area (Å²) < 4.78 is 0. The molecule has 2 aliphatic heterocycles. The molecule has 1 atom stereocenters. The lowest BCUT2D eigenvalue weighted by Gasteiger charge is -2.32. The van der Waals surface area contributed by atoms with Gasteiger partial charge in [-0.15, -0.1) is 0 Å². The van der Waals surface area contributed by atoms with E-state index in [0.29, 0.717) is 11.7 Å². The van der Waals surface area contributed by atoms with Crippen LogP contribution in [0.15, 0.2) is 0 Å². The fourth-order valence-corrected chi connectivity index (χ4v) is 4.13. The maximum Gasteiger partial charge on any atom is 0.149 e. The number of carbonyl (C=O) groups is 1. The first-order chi connectivity index (χ1) is 9.33. The number of hydrogen-bond donors (Lipinski definition) is 0. The van der Waals surface area contributed by atoms with Crippen molar-refractivity contribution >= 4 is 5.78 Å². The Bertz CT molecular complexity index is 306. The standard InChI is InChI=1S/C16H28N2O/c19-16(14-6-2-3-7-14)13-17-11-8-15(12-17)18-9-4-1-5-10-18/h14-15H,1-13H2. The summed E-state index contributed by atoms with van der Waals surface area (Å²) in [5.74, 6) is 0.922. The van der Waals surface area contributed by atoms with Gasteiger partial charge in [0.15, 0.2) is 0 Å². The maximum absolute atomic E-state index is 12.2. The van der Waals surface area contributed by atoms with Crippen LogP contribution in [0.5, 0.6) is 0 Å². The van der Waals surface area contributed by atoms with Crippen LogP contribution in [-0.2, 0) is 4.79 Å². The van der Waals surface area contributed by atoms with Gasteiger partial charge in [-0.05, 0) is 45.2 Å². The van der Waals surface area contributed by atoms with E-state index >= 15 is 0 Å². The monoisotopic (exact) mass is 264 g/mol. The normalized spacial score (nSPS) is 31.1. The number of Topliss-reactive ketones (excluding diaryl/α,β-unsaturated/α-hetero) is 1. The lowest BCUT2D eigenvalue weighted by atomic mass is 10.0. The molecule has 0 spiro atoms. The van der Waals surface area contributed by atoms with Crippen molar-refractivity contribution in [3.05, 3.63) is 0 Å². The van der Waals surface area contributed by atoms with Crippen LogP contribution in [-0.4, -0.2) is 54.3 Å². The molecule has 0 aromatic heterocycles.